The Morgan fingerprint density at radius 2 is 1.63 bits per heavy atom. The molecule has 19 heavy (non-hydrogen) atoms. The van der Waals surface area contributed by atoms with Gasteiger partial charge < -0.3 is 9.64 Å². The summed E-state index contributed by atoms with van der Waals surface area (Å²) in [5.41, 5.74) is 1.27. The number of aromatic nitrogens is 2. The summed E-state index contributed by atoms with van der Waals surface area (Å²) in [4.78, 5) is 2.36. The molecule has 5 heteroatoms. The first-order valence-electron chi connectivity index (χ1n) is 7.60. The Hall–Kier alpha value is -0.680. The van der Waals surface area contributed by atoms with Crippen LogP contribution in [0.4, 0.5) is 5.82 Å². The average Bonchev–Trinajstić information content (AvgIpc) is 2.88. The predicted octanol–water partition coefficient (Wildman–Crippen LogP) is 3.20. The standard InChI is InChI=1S/C14H23N3OS/c1-2-4-6-12(7-5-3-1)13-14(16-19-15-13)17-8-10-18-11-9-17/h12H,1-11H2. The minimum Gasteiger partial charge on any atom is -0.378 e. The van der Waals surface area contributed by atoms with Crippen LogP contribution < -0.4 is 4.90 Å². The third-order valence-electron chi connectivity index (χ3n) is 4.30. The van der Waals surface area contributed by atoms with Crippen LogP contribution in [0.5, 0.6) is 0 Å². The molecular formula is C14H23N3OS. The molecule has 0 spiro atoms. The molecule has 106 valence electrons. The molecule has 0 amide bonds. The monoisotopic (exact) mass is 281 g/mol. The topological polar surface area (TPSA) is 38.2 Å². The Balaban J connectivity index is 1.73. The molecule has 0 atom stereocenters. The van der Waals surface area contributed by atoms with Crippen molar-refractivity contribution in [2.45, 2.75) is 50.9 Å². The van der Waals surface area contributed by atoms with Crippen molar-refractivity contribution in [3.05, 3.63) is 5.69 Å². The van der Waals surface area contributed by atoms with Crippen LogP contribution in [0, 0.1) is 0 Å². The fourth-order valence-corrected chi connectivity index (χ4v) is 3.82. The molecule has 0 unspecified atom stereocenters. The van der Waals surface area contributed by atoms with Crippen molar-refractivity contribution in [3.8, 4) is 0 Å². The molecule has 1 saturated heterocycles. The largest absolute Gasteiger partial charge is 0.378 e. The summed E-state index contributed by atoms with van der Waals surface area (Å²) in [6, 6.07) is 0. The van der Waals surface area contributed by atoms with Gasteiger partial charge in [-0.25, -0.2) is 0 Å². The summed E-state index contributed by atoms with van der Waals surface area (Å²) in [6.07, 6.45) is 9.49. The maximum Gasteiger partial charge on any atom is 0.166 e. The zero-order valence-corrected chi connectivity index (χ0v) is 12.3. The summed E-state index contributed by atoms with van der Waals surface area (Å²) in [7, 11) is 0. The highest BCUT2D eigenvalue weighted by Gasteiger charge is 2.24. The quantitative estimate of drug-likeness (QED) is 0.834. The van der Waals surface area contributed by atoms with Crippen LogP contribution in [0.2, 0.25) is 0 Å². The molecule has 2 heterocycles. The molecular weight excluding hydrogens is 258 g/mol. The molecule has 2 aliphatic rings. The molecule has 3 rings (SSSR count). The van der Waals surface area contributed by atoms with Crippen molar-refractivity contribution in [1.82, 2.24) is 8.75 Å². The number of ether oxygens (including phenoxy) is 1. The van der Waals surface area contributed by atoms with Gasteiger partial charge in [-0.1, -0.05) is 32.1 Å². The number of anilines is 1. The van der Waals surface area contributed by atoms with Crippen LogP contribution in [-0.2, 0) is 4.74 Å². The fourth-order valence-electron chi connectivity index (χ4n) is 3.17. The Bertz CT molecular complexity index is 382. The highest BCUT2D eigenvalue weighted by molar-refractivity contribution is 6.99. The number of morpholine rings is 1. The summed E-state index contributed by atoms with van der Waals surface area (Å²) < 4.78 is 14.6. The molecule has 1 saturated carbocycles. The molecule has 0 aromatic carbocycles. The van der Waals surface area contributed by atoms with Gasteiger partial charge in [-0.15, -0.1) is 0 Å². The number of hydrogen-bond donors (Lipinski definition) is 0. The van der Waals surface area contributed by atoms with Gasteiger partial charge >= 0.3 is 0 Å². The van der Waals surface area contributed by atoms with E-state index in [1.165, 1.54) is 62.4 Å². The van der Waals surface area contributed by atoms with E-state index >= 15 is 0 Å². The van der Waals surface area contributed by atoms with E-state index in [9.17, 15) is 0 Å². The van der Waals surface area contributed by atoms with E-state index in [4.69, 9.17) is 4.74 Å². The third kappa shape index (κ3) is 3.26. The molecule has 0 radical (unpaired) electrons. The van der Waals surface area contributed by atoms with Gasteiger partial charge in [-0.05, 0) is 12.8 Å². The summed E-state index contributed by atoms with van der Waals surface area (Å²) in [6.45, 7) is 3.57. The van der Waals surface area contributed by atoms with Gasteiger partial charge in [0, 0.05) is 19.0 Å². The van der Waals surface area contributed by atoms with Crippen molar-refractivity contribution in [3.63, 3.8) is 0 Å². The second-order valence-electron chi connectivity index (χ2n) is 5.61. The number of nitrogens with zero attached hydrogens (tertiary/aromatic N) is 3. The van der Waals surface area contributed by atoms with Crippen LogP contribution in [0.15, 0.2) is 0 Å². The first-order valence-corrected chi connectivity index (χ1v) is 8.33. The number of hydrogen-bond acceptors (Lipinski definition) is 5. The summed E-state index contributed by atoms with van der Waals surface area (Å²) in [5.74, 6) is 1.79. The maximum atomic E-state index is 5.43. The van der Waals surface area contributed by atoms with E-state index < -0.39 is 0 Å². The summed E-state index contributed by atoms with van der Waals surface area (Å²) in [5, 5.41) is 0. The molecule has 1 aromatic rings. The molecule has 4 nitrogen and oxygen atoms in total. The van der Waals surface area contributed by atoms with Gasteiger partial charge in [0.1, 0.15) is 5.69 Å². The lowest BCUT2D eigenvalue weighted by molar-refractivity contribution is 0.122. The van der Waals surface area contributed by atoms with Crippen molar-refractivity contribution in [1.29, 1.82) is 0 Å². The van der Waals surface area contributed by atoms with Crippen molar-refractivity contribution in [2.24, 2.45) is 0 Å². The van der Waals surface area contributed by atoms with Crippen molar-refractivity contribution in [2.75, 3.05) is 31.2 Å². The van der Waals surface area contributed by atoms with E-state index in [1.54, 1.807) is 0 Å². The smallest absolute Gasteiger partial charge is 0.166 e. The summed E-state index contributed by atoms with van der Waals surface area (Å²) >= 11 is 1.38. The maximum absolute atomic E-state index is 5.43. The van der Waals surface area contributed by atoms with E-state index in [0.29, 0.717) is 5.92 Å². The van der Waals surface area contributed by atoms with Gasteiger partial charge in [-0.3, -0.25) is 0 Å². The van der Waals surface area contributed by atoms with Crippen LogP contribution in [0.3, 0.4) is 0 Å². The molecule has 2 fully saturated rings. The minimum absolute atomic E-state index is 0.636. The van der Waals surface area contributed by atoms with Crippen LogP contribution in [-0.4, -0.2) is 35.1 Å². The fraction of sp³-hybridized carbons (Fsp3) is 0.857. The predicted molar refractivity (Wildman–Crippen MR) is 78.0 cm³/mol. The minimum atomic E-state index is 0.636. The van der Waals surface area contributed by atoms with Crippen molar-refractivity contribution < 1.29 is 4.74 Å². The van der Waals surface area contributed by atoms with E-state index in [1.807, 2.05) is 0 Å². The molecule has 1 aromatic heterocycles. The lowest BCUT2D eigenvalue weighted by Gasteiger charge is -2.29. The van der Waals surface area contributed by atoms with E-state index in [0.717, 1.165) is 32.1 Å². The average molecular weight is 281 g/mol. The van der Waals surface area contributed by atoms with Gasteiger partial charge in [0.05, 0.1) is 24.9 Å². The van der Waals surface area contributed by atoms with Crippen LogP contribution >= 0.6 is 11.7 Å². The Morgan fingerprint density at radius 3 is 2.37 bits per heavy atom. The van der Waals surface area contributed by atoms with Gasteiger partial charge in [0.15, 0.2) is 5.82 Å². The van der Waals surface area contributed by atoms with Crippen LogP contribution in [0.25, 0.3) is 0 Å². The number of rotatable bonds is 2. The first-order chi connectivity index (χ1) is 9.45. The normalized spacial score (nSPS) is 23.1. The Morgan fingerprint density at radius 1 is 0.947 bits per heavy atom. The highest BCUT2D eigenvalue weighted by atomic mass is 32.1. The molecule has 1 aliphatic carbocycles. The Kier molecular flexibility index (Phi) is 4.66. The van der Waals surface area contributed by atoms with Crippen LogP contribution in [0.1, 0.15) is 56.6 Å². The van der Waals surface area contributed by atoms with E-state index in [-0.39, 0.29) is 0 Å². The van der Waals surface area contributed by atoms with Gasteiger partial charge in [0.25, 0.3) is 0 Å². The van der Waals surface area contributed by atoms with Gasteiger partial charge in [-0.2, -0.15) is 8.75 Å². The lowest BCUT2D eigenvalue weighted by atomic mass is 9.89. The zero-order valence-electron chi connectivity index (χ0n) is 11.5. The lowest BCUT2D eigenvalue weighted by Crippen LogP contribution is -2.37. The SMILES string of the molecule is C1CCCC(c2nsnc2N2CCOCC2)CCC1. The zero-order chi connectivity index (χ0) is 12.9. The molecule has 0 bridgehead atoms. The Labute approximate surface area is 119 Å². The third-order valence-corrected chi connectivity index (χ3v) is 4.83. The second kappa shape index (κ2) is 6.66. The highest BCUT2D eigenvalue weighted by Crippen LogP contribution is 2.35. The first kappa shape index (κ1) is 13.3. The van der Waals surface area contributed by atoms with Gasteiger partial charge in [0.2, 0.25) is 0 Å². The van der Waals surface area contributed by atoms with E-state index in [2.05, 4.69) is 13.6 Å². The second-order valence-corrected chi connectivity index (χ2v) is 6.14. The molecule has 0 N–H and O–H groups in total. The van der Waals surface area contributed by atoms with Crippen molar-refractivity contribution >= 4 is 17.5 Å². The molecule has 1 aliphatic heterocycles.